The van der Waals surface area contributed by atoms with E-state index in [4.69, 9.17) is 37.0 Å². The number of unbranched alkanes of at least 4 members (excludes halogenated alkanes) is 52. The van der Waals surface area contributed by atoms with Crippen LogP contribution in [0.4, 0.5) is 0 Å². The Balaban J connectivity index is 5.26. The fourth-order valence-electron chi connectivity index (χ4n) is 12.4. The van der Waals surface area contributed by atoms with Crippen LogP contribution in [0.25, 0.3) is 0 Å². The second kappa shape index (κ2) is 73.0. The van der Waals surface area contributed by atoms with Gasteiger partial charge in [0.05, 0.1) is 26.4 Å². The monoisotopic (exact) mass is 1450 g/mol. The molecule has 0 saturated heterocycles. The Bertz CT molecular complexity index is 1890. The first-order valence-electron chi connectivity index (χ1n) is 41.6. The van der Waals surface area contributed by atoms with Crippen molar-refractivity contribution in [2.24, 2.45) is 5.92 Å². The van der Waals surface area contributed by atoms with E-state index in [1.165, 1.54) is 250 Å². The van der Waals surface area contributed by atoms with Gasteiger partial charge in [-0.2, -0.15) is 0 Å². The number of aliphatic hydroxyl groups excluding tert-OH is 1. The molecule has 99 heavy (non-hydrogen) atoms. The van der Waals surface area contributed by atoms with Crippen molar-refractivity contribution in [2.75, 3.05) is 39.6 Å². The number of phosphoric ester groups is 2. The summed E-state index contributed by atoms with van der Waals surface area (Å²) in [4.78, 5) is 73.0. The molecule has 588 valence electrons. The van der Waals surface area contributed by atoms with Crippen molar-refractivity contribution in [2.45, 2.75) is 445 Å². The lowest BCUT2D eigenvalue weighted by atomic mass is 10.0. The topological polar surface area (TPSA) is 237 Å². The molecule has 19 heteroatoms. The first kappa shape index (κ1) is 97.1. The van der Waals surface area contributed by atoms with Gasteiger partial charge in [0.15, 0.2) is 12.2 Å². The molecule has 0 amide bonds. The molecular formula is C80H156O17P2. The van der Waals surface area contributed by atoms with Gasteiger partial charge in [-0.1, -0.05) is 375 Å². The highest BCUT2D eigenvalue weighted by molar-refractivity contribution is 7.47. The van der Waals surface area contributed by atoms with Gasteiger partial charge < -0.3 is 33.8 Å². The molecule has 3 N–H and O–H groups in total. The minimum atomic E-state index is -4.96. The number of hydrogen-bond donors (Lipinski definition) is 3. The molecule has 0 bridgehead atoms. The van der Waals surface area contributed by atoms with Gasteiger partial charge in [0.2, 0.25) is 0 Å². The molecule has 0 aromatic heterocycles. The van der Waals surface area contributed by atoms with Gasteiger partial charge in [0, 0.05) is 25.7 Å². The van der Waals surface area contributed by atoms with E-state index in [-0.39, 0.29) is 25.7 Å². The molecular weight excluding hydrogens is 1290 g/mol. The Morgan fingerprint density at radius 3 is 0.687 bits per heavy atom. The second-order valence-corrected chi connectivity index (χ2v) is 32.2. The predicted molar refractivity (Wildman–Crippen MR) is 405 cm³/mol. The van der Waals surface area contributed by atoms with E-state index in [2.05, 4.69) is 34.6 Å². The molecule has 0 radical (unpaired) electrons. The summed E-state index contributed by atoms with van der Waals surface area (Å²) in [5.41, 5.74) is 0. The van der Waals surface area contributed by atoms with Crippen molar-refractivity contribution in [3.63, 3.8) is 0 Å². The molecule has 0 rings (SSSR count). The van der Waals surface area contributed by atoms with Crippen molar-refractivity contribution >= 4 is 39.5 Å². The van der Waals surface area contributed by atoms with Crippen LogP contribution in [0, 0.1) is 5.92 Å². The number of phosphoric acid groups is 2. The molecule has 0 aliphatic carbocycles. The van der Waals surface area contributed by atoms with E-state index in [0.717, 1.165) is 95.8 Å². The molecule has 0 aliphatic heterocycles. The number of carbonyl (C=O) groups is 4. The SMILES string of the molecule is CCCCCCCCCCCCCCCCCCCCC(=O)O[C@H](COC(=O)CCCCCCCCCCCCCCCC)COP(=O)(O)OC[C@@H](O)COP(=O)(O)OC[C@@H](COC(=O)CCCCCCCCCCCCC(C)C)OC(=O)CCCCCCCCCCCCCCCC. The number of esters is 4. The average molecular weight is 1450 g/mol. The zero-order chi connectivity index (χ0) is 72.7. The van der Waals surface area contributed by atoms with Gasteiger partial charge >= 0.3 is 39.5 Å². The lowest BCUT2D eigenvalue weighted by Gasteiger charge is -2.21. The van der Waals surface area contributed by atoms with Crippen LogP contribution in [-0.4, -0.2) is 96.7 Å². The quantitative estimate of drug-likeness (QED) is 0.0222. The molecule has 2 unspecified atom stereocenters. The van der Waals surface area contributed by atoms with Gasteiger partial charge in [0.1, 0.15) is 19.3 Å². The fraction of sp³-hybridized carbons (Fsp3) is 0.950. The molecule has 0 aromatic carbocycles. The molecule has 0 fully saturated rings. The van der Waals surface area contributed by atoms with E-state index in [0.29, 0.717) is 25.7 Å². The number of ether oxygens (including phenoxy) is 4. The Morgan fingerprint density at radius 2 is 0.465 bits per heavy atom. The summed E-state index contributed by atoms with van der Waals surface area (Å²) < 4.78 is 68.7. The van der Waals surface area contributed by atoms with Gasteiger partial charge in [-0.05, 0) is 31.6 Å². The average Bonchev–Trinajstić information content (AvgIpc) is 1.94. The number of hydrogen-bond acceptors (Lipinski definition) is 15. The summed E-state index contributed by atoms with van der Waals surface area (Å²) in [5.74, 6) is -1.35. The van der Waals surface area contributed by atoms with Crippen molar-refractivity contribution in [3.8, 4) is 0 Å². The summed E-state index contributed by atoms with van der Waals surface area (Å²) in [6.07, 6.45) is 63.6. The maximum atomic E-state index is 13.1. The van der Waals surface area contributed by atoms with Crippen LogP contribution < -0.4 is 0 Å². The lowest BCUT2D eigenvalue weighted by Crippen LogP contribution is -2.30. The smallest absolute Gasteiger partial charge is 0.462 e. The first-order chi connectivity index (χ1) is 48.0. The van der Waals surface area contributed by atoms with Crippen molar-refractivity contribution in [3.05, 3.63) is 0 Å². The van der Waals surface area contributed by atoms with E-state index >= 15 is 0 Å². The molecule has 0 spiro atoms. The maximum absolute atomic E-state index is 13.1. The van der Waals surface area contributed by atoms with E-state index in [1.54, 1.807) is 0 Å². The van der Waals surface area contributed by atoms with Gasteiger partial charge in [-0.15, -0.1) is 0 Å². The number of carbonyl (C=O) groups excluding carboxylic acids is 4. The molecule has 0 aromatic rings. The summed E-state index contributed by atoms with van der Waals surface area (Å²) in [6, 6.07) is 0. The standard InChI is InChI=1S/C80H156O17P2/c1-6-9-12-15-18-21-24-27-30-31-32-33-36-39-46-51-56-61-66-80(85)96-75(69-90-77(82)63-58-53-48-43-37-34-28-25-22-19-16-13-10-7-2)71-94-98(86,87)92-67-74(81)68-93-99(88,89)95-72-76(70-91-78(83)64-59-54-49-44-41-40-42-47-52-57-62-73(4)5)97-79(84)65-60-55-50-45-38-35-29-26-23-20-17-14-11-8-3/h73-76,81H,6-72H2,1-5H3,(H,86,87)(H,88,89)/t74-,75-,76-/m1/s1. The van der Waals surface area contributed by atoms with Gasteiger partial charge in [-0.25, -0.2) is 9.13 Å². The molecule has 5 atom stereocenters. The summed E-state index contributed by atoms with van der Waals surface area (Å²) in [5, 5.41) is 10.6. The third-order valence-electron chi connectivity index (χ3n) is 18.8. The zero-order valence-electron chi connectivity index (χ0n) is 64.6. The highest BCUT2D eigenvalue weighted by atomic mass is 31.2. The minimum absolute atomic E-state index is 0.108. The minimum Gasteiger partial charge on any atom is -0.462 e. The fourth-order valence-corrected chi connectivity index (χ4v) is 14.0. The largest absolute Gasteiger partial charge is 0.472 e. The van der Waals surface area contributed by atoms with E-state index in [9.17, 15) is 43.2 Å². The van der Waals surface area contributed by atoms with Crippen molar-refractivity contribution < 1.29 is 80.2 Å². The maximum Gasteiger partial charge on any atom is 0.472 e. The number of rotatable bonds is 80. The van der Waals surface area contributed by atoms with E-state index < -0.39 is 97.5 Å². The van der Waals surface area contributed by atoms with Gasteiger partial charge in [0.25, 0.3) is 0 Å². The molecule has 0 saturated carbocycles. The summed E-state index contributed by atoms with van der Waals surface area (Å²) in [7, 11) is -9.92. The Morgan fingerprint density at radius 1 is 0.273 bits per heavy atom. The van der Waals surface area contributed by atoms with Crippen LogP contribution in [-0.2, 0) is 65.4 Å². The number of aliphatic hydroxyl groups is 1. The third-order valence-corrected chi connectivity index (χ3v) is 20.7. The van der Waals surface area contributed by atoms with Crippen LogP contribution in [0.3, 0.4) is 0 Å². The van der Waals surface area contributed by atoms with Crippen molar-refractivity contribution in [1.82, 2.24) is 0 Å². The van der Waals surface area contributed by atoms with Gasteiger partial charge in [-0.3, -0.25) is 37.3 Å². The van der Waals surface area contributed by atoms with Crippen LogP contribution in [0.1, 0.15) is 426 Å². The third kappa shape index (κ3) is 74.1. The molecule has 17 nitrogen and oxygen atoms in total. The van der Waals surface area contributed by atoms with Crippen molar-refractivity contribution in [1.29, 1.82) is 0 Å². The van der Waals surface area contributed by atoms with E-state index in [1.807, 2.05) is 0 Å². The predicted octanol–water partition coefficient (Wildman–Crippen LogP) is 24.0. The summed E-state index contributed by atoms with van der Waals surface area (Å²) in [6.45, 7) is 7.33. The van der Waals surface area contributed by atoms with Crippen LogP contribution in [0.5, 0.6) is 0 Å². The highest BCUT2D eigenvalue weighted by Gasteiger charge is 2.30. The van der Waals surface area contributed by atoms with Crippen LogP contribution >= 0.6 is 15.6 Å². The normalized spacial score (nSPS) is 13.9. The zero-order valence-corrected chi connectivity index (χ0v) is 66.4. The lowest BCUT2D eigenvalue weighted by molar-refractivity contribution is -0.161. The van der Waals surface area contributed by atoms with Crippen LogP contribution in [0.2, 0.25) is 0 Å². The highest BCUT2D eigenvalue weighted by Crippen LogP contribution is 2.45. The Hall–Kier alpha value is -1.94. The molecule has 0 aliphatic rings. The van der Waals surface area contributed by atoms with Crippen LogP contribution in [0.15, 0.2) is 0 Å². The summed E-state index contributed by atoms with van der Waals surface area (Å²) >= 11 is 0. The second-order valence-electron chi connectivity index (χ2n) is 29.3. The first-order valence-corrected chi connectivity index (χ1v) is 44.6. The Labute approximate surface area is 607 Å². The molecule has 0 heterocycles. The Kier molecular flexibility index (Phi) is 71.6.